The van der Waals surface area contributed by atoms with E-state index in [0.717, 1.165) is 19.6 Å². The lowest BCUT2D eigenvalue weighted by Crippen LogP contribution is -2.32. The Balaban J connectivity index is 1.46. The van der Waals surface area contributed by atoms with Crippen molar-refractivity contribution in [1.29, 1.82) is 0 Å². The van der Waals surface area contributed by atoms with Gasteiger partial charge in [-0.1, -0.05) is 19.1 Å². The molecule has 3 rings (SSSR count). The van der Waals surface area contributed by atoms with Gasteiger partial charge < -0.3 is 14.8 Å². The van der Waals surface area contributed by atoms with Crippen LogP contribution in [0, 0.1) is 6.92 Å². The van der Waals surface area contributed by atoms with Crippen LogP contribution in [-0.4, -0.2) is 70.5 Å². The molecular formula is C26H37N3O5S. The number of hydrogen-bond donors (Lipinski definition) is 1. The Morgan fingerprint density at radius 1 is 1.14 bits per heavy atom. The van der Waals surface area contributed by atoms with Gasteiger partial charge in [-0.3, -0.25) is 9.69 Å². The number of rotatable bonds is 12. The van der Waals surface area contributed by atoms with Crippen LogP contribution in [0.25, 0.3) is 0 Å². The molecule has 0 bridgehead atoms. The largest absolute Gasteiger partial charge is 0.497 e. The molecule has 35 heavy (non-hydrogen) atoms. The third kappa shape index (κ3) is 7.27. The van der Waals surface area contributed by atoms with E-state index in [9.17, 15) is 13.2 Å². The number of methoxy groups -OCH3 is 1. The predicted octanol–water partition coefficient (Wildman–Crippen LogP) is 3.44. The Bertz CT molecular complexity index is 1100. The summed E-state index contributed by atoms with van der Waals surface area (Å²) in [5.41, 5.74) is 3.29. The van der Waals surface area contributed by atoms with E-state index in [1.807, 2.05) is 31.2 Å². The van der Waals surface area contributed by atoms with Crippen molar-refractivity contribution in [3.8, 4) is 5.75 Å². The molecule has 0 saturated carbocycles. The smallest absolute Gasteiger partial charge is 0.250 e. The maximum Gasteiger partial charge on any atom is 0.250 e. The van der Waals surface area contributed by atoms with E-state index in [2.05, 4.69) is 10.2 Å². The van der Waals surface area contributed by atoms with Crippen molar-refractivity contribution >= 4 is 21.6 Å². The van der Waals surface area contributed by atoms with Crippen LogP contribution in [0.2, 0.25) is 0 Å². The lowest BCUT2D eigenvalue weighted by molar-refractivity contribution is -0.120. The highest BCUT2D eigenvalue weighted by atomic mass is 32.2. The van der Waals surface area contributed by atoms with Crippen molar-refractivity contribution in [3.05, 3.63) is 53.1 Å². The van der Waals surface area contributed by atoms with E-state index < -0.39 is 10.0 Å². The van der Waals surface area contributed by atoms with Crippen molar-refractivity contribution in [2.24, 2.45) is 0 Å². The number of sulfonamides is 1. The lowest BCUT2D eigenvalue weighted by atomic mass is 10.1. The summed E-state index contributed by atoms with van der Waals surface area (Å²) in [5.74, 6) is 0.360. The number of aryl methyl sites for hydroxylation is 2. The second-order valence-corrected chi connectivity index (χ2v) is 10.9. The van der Waals surface area contributed by atoms with Gasteiger partial charge in [0.15, 0.2) is 0 Å². The van der Waals surface area contributed by atoms with E-state index in [1.165, 1.54) is 29.8 Å². The van der Waals surface area contributed by atoms with E-state index in [0.29, 0.717) is 33.9 Å². The lowest BCUT2D eigenvalue weighted by Gasteiger charge is -2.21. The molecule has 0 aromatic heterocycles. The van der Waals surface area contributed by atoms with Crippen LogP contribution in [0.3, 0.4) is 0 Å². The van der Waals surface area contributed by atoms with E-state index >= 15 is 0 Å². The Labute approximate surface area is 209 Å². The van der Waals surface area contributed by atoms with Gasteiger partial charge >= 0.3 is 0 Å². The van der Waals surface area contributed by atoms with Gasteiger partial charge in [-0.2, -0.15) is 4.31 Å². The zero-order valence-electron chi connectivity index (χ0n) is 21.2. The molecule has 1 saturated heterocycles. The number of hydrogen-bond acceptors (Lipinski definition) is 6. The van der Waals surface area contributed by atoms with Gasteiger partial charge in [0, 0.05) is 25.8 Å². The van der Waals surface area contributed by atoms with Crippen molar-refractivity contribution in [2.75, 3.05) is 52.3 Å². The molecule has 2 aromatic carbocycles. The summed E-state index contributed by atoms with van der Waals surface area (Å²) < 4.78 is 38.4. The quantitative estimate of drug-likeness (QED) is 0.447. The molecule has 1 fully saturated rings. The number of ether oxygens (including phenoxy) is 2. The summed E-state index contributed by atoms with van der Waals surface area (Å²) in [6.45, 7) is 6.99. The minimum absolute atomic E-state index is 0.106. The Hall–Kier alpha value is -2.46. The van der Waals surface area contributed by atoms with Crippen LogP contribution in [0.1, 0.15) is 36.5 Å². The Morgan fingerprint density at radius 2 is 1.83 bits per heavy atom. The number of likely N-dealkylation sites (N-methyl/N-ethyl adjacent to an activating group) is 1. The summed E-state index contributed by atoms with van der Waals surface area (Å²) in [7, 11) is -0.624. The van der Waals surface area contributed by atoms with Crippen molar-refractivity contribution in [1.82, 2.24) is 9.21 Å². The molecule has 1 aliphatic rings. The summed E-state index contributed by atoms with van der Waals surface area (Å²) in [4.78, 5) is 15.0. The van der Waals surface area contributed by atoms with Gasteiger partial charge in [0.1, 0.15) is 12.4 Å². The average molecular weight is 504 g/mol. The number of carbonyl (C=O) groups excluding carboxylic acids is 1. The maximum atomic E-state index is 13.2. The highest BCUT2D eigenvalue weighted by Crippen LogP contribution is 2.28. The fourth-order valence-corrected chi connectivity index (χ4v) is 5.91. The third-order valence-corrected chi connectivity index (χ3v) is 8.34. The highest BCUT2D eigenvalue weighted by Gasteiger charge is 2.26. The number of benzene rings is 2. The van der Waals surface area contributed by atoms with Crippen LogP contribution in [-0.2, 0) is 32.5 Å². The normalized spacial score (nSPS) is 14.4. The van der Waals surface area contributed by atoms with Crippen molar-refractivity contribution < 1.29 is 22.7 Å². The number of amides is 1. The monoisotopic (exact) mass is 503 g/mol. The molecule has 0 atom stereocenters. The molecule has 1 amide bonds. The van der Waals surface area contributed by atoms with Gasteiger partial charge in [-0.25, -0.2) is 8.42 Å². The van der Waals surface area contributed by atoms with Crippen LogP contribution in [0.4, 0.5) is 5.69 Å². The molecule has 192 valence electrons. The number of nitrogens with zero attached hydrogens (tertiary/aromatic N) is 2. The molecule has 1 aliphatic heterocycles. The van der Waals surface area contributed by atoms with Crippen LogP contribution in [0.5, 0.6) is 5.75 Å². The fourth-order valence-electron chi connectivity index (χ4n) is 4.28. The first kappa shape index (κ1) is 27.1. The highest BCUT2D eigenvalue weighted by molar-refractivity contribution is 7.89. The number of nitrogens with one attached hydrogen (secondary N) is 1. The molecule has 1 N–H and O–H groups in total. The third-order valence-electron chi connectivity index (χ3n) is 6.24. The van der Waals surface area contributed by atoms with E-state index in [4.69, 9.17) is 9.47 Å². The Morgan fingerprint density at radius 3 is 2.46 bits per heavy atom. The number of carbonyl (C=O) groups is 1. The first-order valence-electron chi connectivity index (χ1n) is 12.1. The van der Waals surface area contributed by atoms with E-state index in [-0.39, 0.29) is 25.7 Å². The van der Waals surface area contributed by atoms with E-state index in [1.54, 1.807) is 26.2 Å². The molecule has 0 aliphatic carbocycles. The van der Waals surface area contributed by atoms with Gasteiger partial charge in [0.25, 0.3) is 0 Å². The van der Waals surface area contributed by atoms with Crippen LogP contribution >= 0.6 is 0 Å². The minimum Gasteiger partial charge on any atom is -0.497 e. The maximum absolute atomic E-state index is 13.2. The zero-order chi connectivity index (χ0) is 25.4. The molecule has 0 radical (unpaired) electrons. The summed E-state index contributed by atoms with van der Waals surface area (Å²) in [6, 6.07) is 11.3. The van der Waals surface area contributed by atoms with Crippen molar-refractivity contribution in [3.63, 3.8) is 0 Å². The molecular weight excluding hydrogens is 466 g/mol. The second kappa shape index (κ2) is 12.5. The predicted molar refractivity (Wildman–Crippen MR) is 137 cm³/mol. The van der Waals surface area contributed by atoms with Crippen molar-refractivity contribution in [2.45, 2.75) is 44.6 Å². The van der Waals surface area contributed by atoms with Gasteiger partial charge in [-0.15, -0.1) is 0 Å². The second-order valence-electron chi connectivity index (χ2n) is 8.89. The molecule has 2 aromatic rings. The average Bonchev–Trinajstić information content (AvgIpc) is 3.35. The summed E-state index contributed by atoms with van der Waals surface area (Å²) in [6.07, 6.45) is 3.09. The number of likely N-dealkylation sites (tertiary alicyclic amines) is 1. The molecule has 0 spiro atoms. The summed E-state index contributed by atoms with van der Waals surface area (Å²) >= 11 is 0. The first-order valence-corrected chi connectivity index (χ1v) is 13.5. The molecule has 1 heterocycles. The van der Waals surface area contributed by atoms with Crippen LogP contribution in [0.15, 0.2) is 41.3 Å². The standard InChI is InChI=1S/C26H37N3O5S/c1-5-22-17-24(33-4)16-20(2)26(22)35(31,32)28(3)14-15-34-19-25(30)27-23-10-8-21(9-11-23)18-29-12-6-7-13-29/h8-11,16-17H,5-7,12-15,18-19H2,1-4H3,(H,27,30). The number of anilines is 1. The molecule has 9 heteroatoms. The SMILES string of the molecule is CCc1cc(OC)cc(C)c1S(=O)(=O)N(C)CCOCC(=O)Nc1ccc(CN2CCCC2)cc1. The fraction of sp³-hybridized carbons (Fsp3) is 0.500. The topological polar surface area (TPSA) is 88.2 Å². The molecule has 8 nitrogen and oxygen atoms in total. The Kier molecular flexibility index (Phi) is 9.68. The van der Waals surface area contributed by atoms with Gasteiger partial charge in [0.05, 0.1) is 18.6 Å². The van der Waals surface area contributed by atoms with Crippen LogP contribution < -0.4 is 10.1 Å². The first-order chi connectivity index (χ1) is 16.7. The zero-order valence-corrected chi connectivity index (χ0v) is 22.0. The van der Waals surface area contributed by atoms with Gasteiger partial charge in [-0.05, 0) is 80.2 Å². The van der Waals surface area contributed by atoms with Gasteiger partial charge in [0.2, 0.25) is 15.9 Å². The summed E-state index contributed by atoms with van der Waals surface area (Å²) in [5, 5.41) is 2.82. The minimum atomic E-state index is -3.71. The molecule has 0 unspecified atom stereocenters.